The minimum atomic E-state index is -1.03. The standard InChI is InChI=1S/C13H12N2O2S/c1-18-11-4-2-9(3-5-11)15-10-6-7-14-12(8-10)13(16)17/h2-8H,1H3,(H,14,15)(H,16,17). The Morgan fingerprint density at radius 2 is 1.94 bits per heavy atom. The predicted molar refractivity (Wildman–Crippen MR) is 72.7 cm³/mol. The molecule has 0 aliphatic carbocycles. The van der Waals surface area contributed by atoms with E-state index in [9.17, 15) is 4.79 Å². The first-order valence-corrected chi connectivity index (χ1v) is 6.52. The van der Waals surface area contributed by atoms with Gasteiger partial charge in [-0.15, -0.1) is 11.8 Å². The van der Waals surface area contributed by atoms with Gasteiger partial charge < -0.3 is 10.4 Å². The zero-order valence-corrected chi connectivity index (χ0v) is 10.6. The van der Waals surface area contributed by atoms with Gasteiger partial charge in [-0.3, -0.25) is 0 Å². The number of thioether (sulfide) groups is 1. The van der Waals surface area contributed by atoms with Crippen LogP contribution in [0.2, 0.25) is 0 Å². The minimum Gasteiger partial charge on any atom is -0.477 e. The number of carboxylic acids is 1. The number of carbonyl (C=O) groups is 1. The summed E-state index contributed by atoms with van der Waals surface area (Å²) in [5, 5.41) is 12.0. The van der Waals surface area contributed by atoms with Crippen LogP contribution in [0.4, 0.5) is 11.4 Å². The molecule has 0 unspecified atom stereocenters. The Morgan fingerprint density at radius 1 is 1.22 bits per heavy atom. The first kappa shape index (κ1) is 12.4. The highest BCUT2D eigenvalue weighted by Gasteiger charge is 2.04. The van der Waals surface area contributed by atoms with Gasteiger partial charge in [0.15, 0.2) is 0 Å². The Kier molecular flexibility index (Phi) is 3.84. The molecule has 2 aromatic rings. The van der Waals surface area contributed by atoms with Crippen molar-refractivity contribution in [3.8, 4) is 0 Å². The topological polar surface area (TPSA) is 62.2 Å². The molecule has 0 fully saturated rings. The number of nitrogens with zero attached hydrogens (tertiary/aromatic N) is 1. The van der Waals surface area contributed by atoms with E-state index in [1.807, 2.05) is 30.5 Å². The third-order valence-corrected chi connectivity index (χ3v) is 3.10. The highest BCUT2D eigenvalue weighted by Crippen LogP contribution is 2.20. The first-order chi connectivity index (χ1) is 8.69. The Hall–Kier alpha value is -2.01. The van der Waals surface area contributed by atoms with Crippen LogP contribution in [0, 0.1) is 0 Å². The molecule has 18 heavy (non-hydrogen) atoms. The lowest BCUT2D eigenvalue weighted by atomic mass is 10.2. The number of aromatic nitrogens is 1. The van der Waals surface area contributed by atoms with Crippen LogP contribution in [-0.2, 0) is 0 Å². The second-order valence-electron chi connectivity index (χ2n) is 3.59. The van der Waals surface area contributed by atoms with Gasteiger partial charge in [-0.2, -0.15) is 0 Å². The minimum absolute atomic E-state index is 0.0285. The number of aromatic carboxylic acids is 1. The van der Waals surface area contributed by atoms with E-state index in [1.54, 1.807) is 17.8 Å². The molecule has 1 aromatic heterocycles. The van der Waals surface area contributed by atoms with Gasteiger partial charge in [-0.25, -0.2) is 9.78 Å². The van der Waals surface area contributed by atoms with Crippen molar-refractivity contribution < 1.29 is 9.90 Å². The second kappa shape index (κ2) is 5.55. The molecule has 0 radical (unpaired) electrons. The maximum absolute atomic E-state index is 10.8. The molecule has 1 aromatic carbocycles. The highest BCUT2D eigenvalue weighted by atomic mass is 32.2. The predicted octanol–water partition coefficient (Wildman–Crippen LogP) is 3.25. The fourth-order valence-corrected chi connectivity index (χ4v) is 1.87. The maximum Gasteiger partial charge on any atom is 0.354 e. The Morgan fingerprint density at radius 3 is 2.56 bits per heavy atom. The third-order valence-electron chi connectivity index (χ3n) is 2.36. The maximum atomic E-state index is 10.8. The number of hydrogen-bond donors (Lipinski definition) is 2. The molecule has 0 aliphatic rings. The highest BCUT2D eigenvalue weighted by molar-refractivity contribution is 7.98. The van der Waals surface area contributed by atoms with E-state index < -0.39 is 5.97 Å². The number of carboxylic acid groups (broad SMARTS) is 1. The Labute approximate surface area is 109 Å². The fourth-order valence-electron chi connectivity index (χ4n) is 1.47. The quantitative estimate of drug-likeness (QED) is 0.826. The molecule has 0 saturated carbocycles. The SMILES string of the molecule is CSc1ccc(Nc2ccnc(C(=O)O)c2)cc1. The van der Waals surface area contributed by atoms with Gasteiger partial charge in [0.1, 0.15) is 5.69 Å². The summed E-state index contributed by atoms with van der Waals surface area (Å²) >= 11 is 1.67. The van der Waals surface area contributed by atoms with Crippen LogP contribution in [0.1, 0.15) is 10.5 Å². The van der Waals surface area contributed by atoms with Crippen LogP contribution < -0.4 is 5.32 Å². The van der Waals surface area contributed by atoms with E-state index in [0.717, 1.165) is 5.69 Å². The van der Waals surface area contributed by atoms with Crippen molar-refractivity contribution in [2.45, 2.75) is 4.90 Å². The van der Waals surface area contributed by atoms with Crippen LogP contribution in [0.5, 0.6) is 0 Å². The van der Waals surface area contributed by atoms with Gasteiger partial charge in [-0.05, 0) is 42.7 Å². The molecule has 0 bridgehead atoms. The van der Waals surface area contributed by atoms with Gasteiger partial charge in [-0.1, -0.05) is 0 Å². The average molecular weight is 260 g/mol. The zero-order chi connectivity index (χ0) is 13.0. The Balaban J connectivity index is 2.17. The molecule has 2 rings (SSSR count). The number of anilines is 2. The summed E-state index contributed by atoms with van der Waals surface area (Å²) in [6, 6.07) is 11.2. The number of nitrogens with one attached hydrogen (secondary N) is 1. The van der Waals surface area contributed by atoms with E-state index in [2.05, 4.69) is 10.3 Å². The van der Waals surface area contributed by atoms with Crippen molar-refractivity contribution in [2.24, 2.45) is 0 Å². The van der Waals surface area contributed by atoms with Gasteiger partial charge in [0.05, 0.1) is 0 Å². The molecule has 0 atom stereocenters. The molecule has 0 aliphatic heterocycles. The lowest BCUT2D eigenvalue weighted by Crippen LogP contribution is -2.01. The van der Waals surface area contributed by atoms with Crippen molar-refractivity contribution in [1.82, 2.24) is 4.98 Å². The van der Waals surface area contributed by atoms with Gasteiger partial charge in [0, 0.05) is 22.5 Å². The van der Waals surface area contributed by atoms with E-state index in [1.165, 1.54) is 17.2 Å². The van der Waals surface area contributed by atoms with Gasteiger partial charge >= 0.3 is 5.97 Å². The summed E-state index contributed by atoms with van der Waals surface area (Å²) < 4.78 is 0. The first-order valence-electron chi connectivity index (χ1n) is 5.29. The van der Waals surface area contributed by atoms with Crippen LogP contribution in [-0.4, -0.2) is 22.3 Å². The van der Waals surface area contributed by atoms with Crippen LogP contribution in [0.15, 0.2) is 47.5 Å². The van der Waals surface area contributed by atoms with Gasteiger partial charge in [0.25, 0.3) is 0 Å². The Bertz CT molecular complexity index is 555. The molecule has 0 spiro atoms. The van der Waals surface area contributed by atoms with E-state index in [4.69, 9.17) is 5.11 Å². The summed E-state index contributed by atoms with van der Waals surface area (Å²) in [6.07, 6.45) is 3.49. The molecule has 0 amide bonds. The third kappa shape index (κ3) is 3.01. The van der Waals surface area contributed by atoms with Crippen LogP contribution >= 0.6 is 11.8 Å². The summed E-state index contributed by atoms with van der Waals surface area (Å²) in [4.78, 5) is 15.7. The second-order valence-corrected chi connectivity index (χ2v) is 4.47. The zero-order valence-electron chi connectivity index (χ0n) is 9.75. The lowest BCUT2D eigenvalue weighted by Gasteiger charge is -2.07. The number of rotatable bonds is 4. The van der Waals surface area contributed by atoms with Crippen LogP contribution in [0.3, 0.4) is 0 Å². The molecule has 0 saturated heterocycles. The number of benzene rings is 1. The van der Waals surface area contributed by atoms with E-state index in [0.29, 0.717) is 5.69 Å². The van der Waals surface area contributed by atoms with E-state index >= 15 is 0 Å². The summed E-state index contributed by atoms with van der Waals surface area (Å²) in [5.41, 5.74) is 1.65. The largest absolute Gasteiger partial charge is 0.477 e. The molecule has 92 valence electrons. The van der Waals surface area contributed by atoms with E-state index in [-0.39, 0.29) is 5.69 Å². The smallest absolute Gasteiger partial charge is 0.354 e. The van der Waals surface area contributed by atoms with Crippen molar-refractivity contribution in [3.63, 3.8) is 0 Å². The molecule has 4 nitrogen and oxygen atoms in total. The average Bonchev–Trinajstić information content (AvgIpc) is 2.40. The molecular formula is C13H12N2O2S. The van der Waals surface area contributed by atoms with Crippen LogP contribution in [0.25, 0.3) is 0 Å². The monoisotopic (exact) mass is 260 g/mol. The van der Waals surface area contributed by atoms with Crippen molar-refractivity contribution >= 4 is 29.1 Å². The molecule has 5 heteroatoms. The number of pyridine rings is 1. The molecule has 2 N–H and O–H groups in total. The molecular weight excluding hydrogens is 248 g/mol. The summed E-state index contributed by atoms with van der Waals surface area (Å²) in [7, 11) is 0. The van der Waals surface area contributed by atoms with Gasteiger partial charge in [0.2, 0.25) is 0 Å². The number of hydrogen-bond acceptors (Lipinski definition) is 4. The van der Waals surface area contributed by atoms with Crippen molar-refractivity contribution in [2.75, 3.05) is 11.6 Å². The lowest BCUT2D eigenvalue weighted by molar-refractivity contribution is 0.0690. The fraction of sp³-hybridized carbons (Fsp3) is 0.0769. The van der Waals surface area contributed by atoms with Crippen molar-refractivity contribution in [1.29, 1.82) is 0 Å². The molecule has 1 heterocycles. The van der Waals surface area contributed by atoms with Crippen molar-refractivity contribution in [3.05, 3.63) is 48.3 Å². The normalized spacial score (nSPS) is 10.1. The summed E-state index contributed by atoms with van der Waals surface area (Å²) in [5.74, 6) is -1.03. The summed E-state index contributed by atoms with van der Waals surface area (Å²) in [6.45, 7) is 0.